The average Bonchev–Trinajstić information content (AvgIpc) is 2.86. The Bertz CT molecular complexity index is 893. The Morgan fingerprint density at radius 3 is 2.62 bits per heavy atom. The number of anilines is 1. The number of hydrogen-bond acceptors (Lipinski definition) is 4. The highest BCUT2D eigenvalue weighted by Crippen LogP contribution is 2.23. The van der Waals surface area contributed by atoms with E-state index in [1.54, 1.807) is 36.4 Å². The number of ketones is 1. The van der Waals surface area contributed by atoms with Crippen molar-refractivity contribution < 1.29 is 9.53 Å². The fraction of sp³-hybridized carbons (Fsp3) is 0.0667. The van der Waals surface area contributed by atoms with Crippen LogP contribution >= 0.6 is 0 Å². The molecule has 0 aliphatic carbocycles. The summed E-state index contributed by atoms with van der Waals surface area (Å²) >= 11 is 0. The second-order valence-corrected chi connectivity index (χ2v) is 4.62. The van der Waals surface area contributed by atoms with Gasteiger partial charge in [0, 0.05) is 16.8 Å². The van der Waals surface area contributed by atoms with Gasteiger partial charge in [-0.1, -0.05) is 0 Å². The number of nitrogen functional groups attached to an aromatic ring is 1. The van der Waals surface area contributed by atoms with E-state index < -0.39 is 0 Å². The van der Waals surface area contributed by atoms with Gasteiger partial charge in [-0.3, -0.25) is 4.79 Å². The van der Waals surface area contributed by atoms with Crippen LogP contribution in [0.2, 0.25) is 0 Å². The van der Waals surface area contributed by atoms with Crippen LogP contribution in [0.1, 0.15) is 15.9 Å². The molecule has 106 valence electrons. The van der Waals surface area contributed by atoms with Crippen molar-refractivity contribution in [3.05, 3.63) is 58.0 Å². The molecule has 0 atom stereocenters. The van der Waals surface area contributed by atoms with Gasteiger partial charge < -0.3 is 20.4 Å². The lowest BCUT2D eigenvalue weighted by molar-refractivity contribution is 0.103. The van der Waals surface area contributed by atoms with E-state index in [-0.39, 0.29) is 11.5 Å². The molecule has 0 spiro atoms. The lowest BCUT2D eigenvalue weighted by atomic mass is 10.0. The Balaban J connectivity index is 2.09. The summed E-state index contributed by atoms with van der Waals surface area (Å²) in [5.41, 5.74) is 7.96. The topological polar surface area (TPSA) is 101 Å². The summed E-state index contributed by atoms with van der Waals surface area (Å²) < 4.78 is 5.11. The van der Waals surface area contributed by atoms with Crippen LogP contribution < -0.4 is 16.2 Å². The normalized spacial score (nSPS) is 10.7. The number of carbonyl (C=O) groups excluding carboxylic acids is 1. The summed E-state index contributed by atoms with van der Waals surface area (Å²) in [4.78, 5) is 29.0. The maximum Gasteiger partial charge on any atom is 0.323 e. The number of methoxy groups -OCH3 is 1. The third kappa shape index (κ3) is 2.27. The number of aromatic nitrogens is 2. The minimum absolute atomic E-state index is 0.227. The molecule has 0 aliphatic heterocycles. The quantitative estimate of drug-likeness (QED) is 0.502. The second-order valence-electron chi connectivity index (χ2n) is 4.62. The predicted octanol–water partition coefficient (Wildman–Crippen LogP) is 1.68. The Hall–Kier alpha value is -3.02. The third-order valence-corrected chi connectivity index (χ3v) is 3.28. The Morgan fingerprint density at radius 2 is 1.86 bits per heavy atom. The number of nitrogens with two attached hydrogens (primary N) is 1. The van der Waals surface area contributed by atoms with Crippen molar-refractivity contribution >= 4 is 22.5 Å². The number of imidazole rings is 1. The predicted molar refractivity (Wildman–Crippen MR) is 79.8 cm³/mol. The highest BCUT2D eigenvalue weighted by Gasteiger charge is 2.14. The minimum Gasteiger partial charge on any atom is -0.497 e. The fourth-order valence-corrected chi connectivity index (χ4v) is 2.19. The van der Waals surface area contributed by atoms with Gasteiger partial charge in [0.1, 0.15) is 5.75 Å². The number of aromatic amines is 2. The lowest BCUT2D eigenvalue weighted by Crippen LogP contribution is -2.05. The van der Waals surface area contributed by atoms with Crippen molar-refractivity contribution in [1.82, 2.24) is 9.97 Å². The summed E-state index contributed by atoms with van der Waals surface area (Å²) in [6.07, 6.45) is 0. The lowest BCUT2D eigenvalue weighted by Gasteiger charge is -2.07. The first kappa shape index (κ1) is 13.0. The second kappa shape index (κ2) is 4.82. The molecule has 0 aliphatic rings. The molecule has 0 fully saturated rings. The minimum atomic E-state index is -0.310. The number of fused-ring (bicyclic) bond motifs is 1. The van der Waals surface area contributed by atoms with Crippen molar-refractivity contribution in [3.63, 3.8) is 0 Å². The number of hydrogen-bond donors (Lipinski definition) is 3. The average molecular weight is 283 g/mol. The molecule has 2 aromatic carbocycles. The van der Waals surface area contributed by atoms with E-state index in [1.165, 1.54) is 7.11 Å². The third-order valence-electron chi connectivity index (χ3n) is 3.28. The zero-order valence-electron chi connectivity index (χ0n) is 11.3. The smallest absolute Gasteiger partial charge is 0.323 e. The van der Waals surface area contributed by atoms with Crippen LogP contribution in [0.4, 0.5) is 5.69 Å². The van der Waals surface area contributed by atoms with Gasteiger partial charge in [-0.2, -0.15) is 0 Å². The van der Waals surface area contributed by atoms with Crippen LogP contribution in [-0.4, -0.2) is 22.9 Å². The first-order chi connectivity index (χ1) is 10.1. The number of nitrogens with one attached hydrogen (secondary N) is 2. The summed E-state index contributed by atoms with van der Waals surface area (Å²) in [6, 6.07) is 9.86. The van der Waals surface area contributed by atoms with Gasteiger partial charge in [-0.25, -0.2) is 4.79 Å². The van der Waals surface area contributed by atoms with Gasteiger partial charge >= 0.3 is 5.69 Å². The zero-order chi connectivity index (χ0) is 15.0. The molecule has 0 saturated carbocycles. The summed E-state index contributed by atoms with van der Waals surface area (Å²) in [5.74, 6) is 0.332. The Morgan fingerprint density at radius 1 is 1.10 bits per heavy atom. The number of carbonyl (C=O) groups is 1. The first-order valence-corrected chi connectivity index (χ1v) is 6.29. The van der Waals surface area contributed by atoms with Crippen molar-refractivity contribution in [2.75, 3.05) is 12.8 Å². The molecule has 21 heavy (non-hydrogen) atoms. The van der Waals surface area contributed by atoms with E-state index in [0.29, 0.717) is 33.6 Å². The van der Waals surface area contributed by atoms with Gasteiger partial charge in [0.25, 0.3) is 0 Å². The molecule has 3 aromatic rings. The fourth-order valence-electron chi connectivity index (χ4n) is 2.19. The first-order valence-electron chi connectivity index (χ1n) is 6.29. The maximum absolute atomic E-state index is 12.5. The summed E-state index contributed by atoms with van der Waals surface area (Å²) in [7, 11) is 1.52. The van der Waals surface area contributed by atoms with Crippen LogP contribution in [0.15, 0.2) is 41.2 Å². The maximum atomic E-state index is 12.5. The van der Waals surface area contributed by atoms with E-state index in [4.69, 9.17) is 10.5 Å². The van der Waals surface area contributed by atoms with Crippen molar-refractivity contribution in [1.29, 1.82) is 0 Å². The number of H-pyrrole nitrogens is 2. The monoisotopic (exact) mass is 283 g/mol. The molecular weight excluding hydrogens is 270 g/mol. The largest absolute Gasteiger partial charge is 0.497 e. The van der Waals surface area contributed by atoms with E-state index in [9.17, 15) is 9.59 Å². The molecule has 0 unspecified atom stereocenters. The van der Waals surface area contributed by atoms with E-state index in [1.807, 2.05) is 0 Å². The molecule has 0 radical (unpaired) electrons. The molecule has 4 N–H and O–H groups in total. The van der Waals surface area contributed by atoms with E-state index >= 15 is 0 Å². The Labute approximate surface area is 119 Å². The highest BCUT2D eigenvalue weighted by atomic mass is 16.5. The highest BCUT2D eigenvalue weighted by molar-refractivity contribution is 6.13. The van der Waals surface area contributed by atoms with Crippen molar-refractivity contribution in [2.24, 2.45) is 0 Å². The van der Waals surface area contributed by atoms with E-state index in [2.05, 4.69) is 9.97 Å². The zero-order valence-corrected chi connectivity index (χ0v) is 11.3. The van der Waals surface area contributed by atoms with Gasteiger partial charge in [-0.15, -0.1) is 0 Å². The van der Waals surface area contributed by atoms with Crippen LogP contribution in [0, 0.1) is 0 Å². The molecule has 1 heterocycles. The Kier molecular flexibility index (Phi) is 2.98. The van der Waals surface area contributed by atoms with Gasteiger partial charge in [0.15, 0.2) is 5.78 Å². The molecule has 3 rings (SSSR count). The summed E-state index contributed by atoms with van der Waals surface area (Å²) in [5, 5.41) is 0. The van der Waals surface area contributed by atoms with Gasteiger partial charge in [-0.05, 0) is 36.4 Å². The number of ether oxygens (including phenoxy) is 1. The van der Waals surface area contributed by atoms with E-state index in [0.717, 1.165) is 0 Å². The van der Waals surface area contributed by atoms with Crippen molar-refractivity contribution in [3.8, 4) is 5.75 Å². The number of rotatable bonds is 3. The van der Waals surface area contributed by atoms with Crippen LogP contribution in [-0.2, 0) is 0 Å². The van der Waals surface area contributed by atoms with Crippen LogP contribution in [0.25, 0.3) is 11.0 Å². The molecule has 6 nitrogen and oxygen atoms in total. The van der Waals surface area contributed by atoms with Crippen LogP contribution in [0.3, 0.4) is 0 Å². The molecule has 1 aromatic heterocycles. The van der Waals surface area contributed by atoms with Crippen molar-refractivity contribution in [2.45, 2.75) is 0 Å². The summed E-state index contributed by atoms with van der Waals surface area (Å²) in [6.45, 7) is 0. The molecular formula is C15H13N3O3. The molecule has 6 heteroatoms. The molecule has 0 saturated heterocycles. The molecule has 0 amide bonds. The standard InChI is InChI=1S/C15H13N3O3/c1-21-9-3-4-11(16)10(7-9)14(19)8-2-5-12-13(6-8)18-15(20)17-12/h2-7H,16H2,1H3,(H2,17,18,20). The SMILES string of the molecule is COc1ccc(N)c(C(=O)c2ccc3[nH]c(=O)[nH]c3c2)c1. The number of benzene rings is 2. The molecule has 0 bridgehead atoms. The van der Waals surface area contributed by atoms with Crippen LogP contribution in [0.5, 0.6) is 5.75 Å². The van der Waals surface area contributed by atoms with Gasteiger partial charge in [0.05, 0.1) is 18.1 Å². The van der Waals surface area contributed by atoms with Gasteiger partial charge in [0.2, 0.25) is 0 Å².